The standard InChI is InChI=1S/C12H20F5NO/c1-18-10(9-5-3-2-4-6-9)7-19-8-11(13,14)12(15,16)17/h9-10,18H,2-8H2,1H3. The molecule has 1 rings (SSSR count). The molecule has 0 spiro atoms. The van der Waals surface area contributed by atoms with Gasteiger partial charge in [-0.1, -0.05) is 19.3 Å². The van der Waals surface area contributed by atoms with Gasteiger partial charge in [-0.25, -0.2) is 0 Å². The molecule has 1 saturated carbocycles. The fraction of sp³-hybridized carbons (Fsp3) is 1.00. The highest BCUT2D eigenvalue weighted by Gasteiger charge is 2.57. The van der Waals surface area contributed by atoms with E-state index in [0.717, 1.165) is 32.1 Å². The van der Waals surface area contributed by atoms with Gasteiger partial charge in [-0.15, -0.1) is 0 Å². The molecule has 0 aromatic heterocycles. The molecular formula is C12H20F5NO. The molecule has 1 unspecified atom stereocenters. The van der Waals surface area contributed by atoms with Gasteiger partial charge in [-0.05, 0) is 25.8 Å². The molecule has 0 amide bonds. The maximum atomic E-state index is 12.7. The number of alkyl halides is 5. The molecular weight excluding hydrogens is 269 g/mol. The van der Waals surface area contributed by atoms with Crippen molar-refractivity contribution in [2.24, 2.45) is 5.92 Å². The summed E-state index contributed by atoms with van der Waals surface area (Å²) in [6.45, 7) is -1.73. The van der Waals surface area contributed by atoms with E-state index in [1.54, 1.807) is 7.05 Å². The molecule has 0 aliphatic heterocycles. The molecule has 0 saturated heterocycles. The highest BCUT2D eigenvalue weighted by molar-refractivity contribution is 4.80. The van der Waals surface area contributed by atoms with Crippen molar-refractivity contribution < 1.29 is 26.7 Å². The van der Waals surface area contributed by atoms with E-state index in [1.807, 2.05) is 0 Å². The lowest BCUT2D eigenvalue weighted by Crippen LogP contribution is -2.44. The van der Waals surface area contributed by atoms with Crippen molar-refractivity contribution in [3.8, 4) is 0 Å². The summed E-state index contributed by atoms with van der Waals surface area (Å²) in [5, 5.41) is 2.95. The van der Waals surface area contributed by atoms with Crippen LogP contribution in [0.25, 0.3) is 0 Å². The van der Waals surface area contributed by atoms with E-state index in [-0.39, 0.29) is 12.6 Å². The zero-order valence-electron chi connectivity index (χ0n) is 10.9. The van der Waals surface area contributed by atoms with Gasteiger partial charge in [0.2, 0.25) is 0 Å². The topological polar surface area (TPSA) is 21.3 Å². The quantitative estimate of drug-likeness (QED) is 0.757. The average molecular weight is 289 g/mol. The van der Waals surface area contributed by atoms with E-state index >= 15 is 0 Å². The van der Waals surface area contributed by atoms with Gasteiger partial charge in [-0.3, -0.25) is 0 Å². The first-order valence-corrected chi connectivity index (χ1v) is 6.47. The maximum absolute atomic E-state index is 12.7. The monoisotopic (exact) mass is 289 g/mol. The Morgan fingerprint density at radius 3 is 2.16 bits per heavy atom. The van der Waals surface area contributed by atoms with Crippen LogP contribution in [0.4, 0.5) is 22.0 Å². The van der Waals surface area contributed by atoms with Gasteiger partial charge in [0.25, 0.3) is 0 Å². The molecule has 0 radical (unpaired) electrons. The van der Waals surface area contributed by atoms with Crippen LogP contribution < -0.4 is 5.32 Å². The number of hydrogen-bond acceptors (Lipinski definition) is 2. The highest BCUT2D eigenvalue weighted by Crippen LogP contribution is 2.35. The van der Waals surface area contributed by atoms with Crippen molar-refractivity contribution in [1.29, 1.82) is 0 Å². The van der Waals surface area contributed by atoms with Crippen molar-refractivity contribution in [3.63, 3.8) is 0 Å². The predicted molar refractivity (Wildman–Crippen MR) is 61.2 cm³/mol. The molecule has 1 atom stereocenters. The third kappa shape index (κ3) is 4.87. The van der Waals surface area contributed by atoms with E-state index < -0.39 is 18.7 Å². The van der Waals surface area contributed by atoms with Crippen LogP contribution >= 0.6 is 0 Å². The summed E-state index contributed by atoms with van der Waals surface area (Å²) in [7, 11) is 1.67. The van der Waals surface area contributed by atoms with Crippen LogP contribution in [0, 0.1) is 5.92 Å². The number of halogens is 5. The smallest absolute Gasteiger partial charge is 0.373 e. The lowest BCUT2D eigenvalue weighted by molar-refractivity contribution is -0.297. The van der Waals surface area contributed by atoms with E-state index in [1.165, 1.54) is 0 Å². The number of rotatable bonds is 6. The summed E-state index contributed by atoms with van der Waals surface area (Å²) in [5.74, 6) is -4.49. The van der Waals surface area contributed by atoms with Crippen LogP contribution in [-0.2, 0) is 4.74 Å². The number of nitrogens with one attached hydrogen (secondary N) is 1. The van der Waals surface area contributed by atoms with E-state index in [0.29, 0.717) is 5.92 Å². The molecule has 19 heavy (non-hydrogen) atoms. The molecule has 114 valence electrons. The van der Waals surface area contributed by atoms with Crippen molar-refractivity contribution in [3.05, 3.63) is 0 Å². The third-order valence-electron chi connectivity index (χ3n) is 3.59. The Kier molecular flexibility index (Phi) is 5.98. The molecule has 2 nitrogen and oxygen atoms in total. The fourth-order valence-corrected chi connectivity index (χ4v) is 2.39. The van der Waals surface area contributed by atoms with Crippen LogP contribution in [0.2, 0.25) is 0 Å². The molecule has 0 heterocycles. The van der Waals surface area contributed by atoms with Crippen LogP contribution in [0.1, 0.15) is 32.1 Å². The van der Waals surface area contributed by atoms with Gasteiger partial charge >= 0.3 is 12.1 Å². The summed E-state index contributed by atoms with van der Waals surface area (Å²) in [5.41, 5.74) is 0. The maximum Gasteiger partial charge on any atom is 0.455 e. The summed E-state index contributed by atoms with van der Waals surface area (Å²) in [4.78, 5) is 0. The predicted octanol–water partition coefficient (Wildman–Crippen LogP) is 3.37. The van der Waals surface area contributed by atoms with E-state index in [9.17, 15) is 22.0 Å². The zero-order chi connectivity index (χ0) is 14.5. The number of ether oxygens (including phenoxy) is 1. The van der Waals surface area contributed by atoms with Crippen molar-refractivity contribution in [1.82, 2.24) is 5.32 Å². The Hall–Kier alpha value is -0.430. The Labute approximate surface area is 109 Å². The van der Waals surface area contributed by atoms with Crippen LogP contribution in [0.3, 0.4) is 0 Å². The Morgan fingerprint density at radius 2 is 1.68 bits per heavy atom. The summed E-state index contributed by atoms with van der Waals surface area (Å²) in [6.07, 6.45) is -0.328. The van der Waals surface area contributed by atoms with E-state index in [2.05, 4.69) is 10.1 Å². The lowest BCUT2D eigenvalue weighted by Gasteiger charge is -2.30. The van der Waals surface area contributed by atoms with Gasteiger partial charge in [0.1, 0.15) is 6.61 Å². The fourth-order valence-electron chi connectivity index (χ4n) is 2.39. The van der Waals surface area contributed by atoms with Gasteiger partial charge in [0.15, 0.2) is 0 Å². The number of hydrogen-bond donors (Lipinski definition) is 1. The second kappa shape index (κ2) is 6.83. The second-order valence-electron chi connectivity index (χ2n) is 5.01. The van der Waals surface area contributed by atoms with Crippen molar-refractivity contribution >= 4 is 0 Å². The molecule has 7 heteroatoms. The molecule has 0 aromatic carbocycles. The minimum absolute atomic E-state index is 0.118. The van der Waals surface area contributed by atoms with Crippen molar-refractivity contribution in [2.45, 2.75) is 50.2 Å². The molecule has 0 bridgehead atoms. The van der Waals surface area contributed by atoms with Gasteiger partial charge in [-0.2, -0.15) is 22.0 Å². The largest absolute Gasteiger partial charge is 0.455 e. The van der Waals surface area contributed by atoms with Gasteiger partial charge < -0.3 is 10.1 Å². The first-order chi connectivity index (χ1) is 8.78. The summed E-state index contributed by atoms with van der Waals surface area (Å²) < 4.78 is 65.8. The molecule has 1 aliphatic rings. The molecule has 1 N–H and O–H groups in total. The first kappa shape index (κ1) is 16.6. The van der Waals surface area contributed by atoms with Gasteiger partial charge in [0.05, 0.1) is 6.61 Å². The van der Waals surface area contributed by atoms with Crippen LogP contribution in [0.5, 0.6) is 0 Å². The van der Waals surface area contributed by atoms with E-state index in [4.69, 9.17) is 0 Å². The average Bonchev–Trinajstić information content (AvgIpc) is 2.34. The zero-order valence-corrected chi connectivity index (χ0v) is 10.9. The second-order valence-corrected chi connectivity index (χ2v) is 5.01. The number of likely N-dealkylation sites (N-methyl/N-ethyl adjacent to an activating group) is 1. The Balaban J connectivity index is 2.37. The molecule has 1 aliphatic carbocycles. The molecule has 0 aromatic rings. The minimum Gasteiger partial charge on any atom is -0.373 e. The van der Waals surface area contributed by atoms with Crippen LogP contribution in [0.15, 0.2) is 0 Å². The van der Waals surface area contributed by atoms with Crippen LogP contribution in [-0.4, -0.2) is 38.4 Å². The Morgan fingerprint density at radius 1 is 1.11 bits per heavy atom. The Bertz CT molecular complexity index is 263. The minimum atomic E-state index is -5.55. The van der Waals surface area contributed by atoms with Gasteiger partial charge in [0, 0.05) is 6.04 Å². The first-order valence-electron chi connectivity index (χ1n) is 6.47. The molecule has 1 fully saturated rings. The summed E-state index contributed by atoms with van der Waals surface area (Å²) >= 11 is 0. The summed E-state index contributed by atoms with van der Waals surface area (Å²) in [6, 6.07) is -0.163. The van der Waals surface area contributed by atoms with Crippen molar-refractivity contribution in [2.75, 3.05) is 20.3 Å². The normalized spacial score (nSPS) is 20.5. The highest BCUT2D eigenvalue weighted by atomic mass is 19.4. The third-order valence-corrected chi connectivity index (χ3v) is 3.59. The SMILES string of the molecule is CNC(COCC(F)(F)C(F)(F)F)C1CCCCC1. The lowest BCUT2D eigenvalue weighted by atomic mass is 9.84.